The van der Waals surface area contributed by atoms with Crippen LogP contribution in [0.5, 0.6) is 0 Å². The van der Waals surface area contributed by atoms with Crippen LogP contribution in [0.15, 0.2) is 0 Å². The fourth-order valence-electron chi connectivity index (χ4n) is 0.152. The average Bonchev–Trinajstić information content (AvgIpc) is 1.93. The molecule has 0 rings (SSSR count). The maximum atomic E-state index is 9.84. The van der Waals surface area contributed by atoms with Crippen molar-refractivity contribution in [3.05, 3.63) is 0 Å². The van der Waals surface area contributed by atoms with Crippen molar-refractivity contribution in [2.24, 2.45) is 5.90 Å². The lowest BCUT2D eigenvalue weighted by Crippen LogP contribution is -2.11. The van der Waals surface area contributed by atoms with Crippen molar-refractivity contribution in [1.82, 2.24) is 0 Å². The van der Waals surface area contributed by atoms with Gasteiger partial charge in [0, 0.05) is 0 Å². The van der Waals surface area contributed by atoms with Gasteiger partial charge in [-0.1, -0.05) is 13.8 Å². The first kappa shape index (κ1) is 11.1. The summed E-state index contributed by atoms with van der Waals surface area (Å²) in [5.41, 5.74) is 0. The molecule has 0 aromatic rings. The minimum Gasteiger partial charge on any atom is -0.433 e. The summed E-state index contributed by atoms with van der Waals surface area (Å²) >= 11 is 0. The fourth-order valence-corrected chi connectivity index (χ4v) is 0.152. The third-order valence-electron chi connectivity index (χ3n) is 0.358. The Hall–Kier alpha value is -0.770. The van der Waals surface area contributed by atoms with Gasteiger partial charge in [-0.05, 0) is 6.92 Å². The van der Waals surface area contributed by atoms with E-state index in [0.717, 1.165) is 0 Å². The van der Waals surface area contributed by atoms with Crippen LogP contribution in [-0.4, -0.2) is 12.8 Å². The Morgan fingerprint density at radius 1 is 1.56 bits per heavy atom. The second kappa shape index (κ2) is 10.3. The number of rotatable bonds is 1. The lowest BCUT2D eigenvalue weighted by atomic mass is 10.9. The second-order valence-corrected chi connectivity index (χ2v) is 0.801. The van der Waals surface area contributed by atoms with Gasteiger partial charge in [0.1, 0.15) is 0 Å². The summed E-state index contributed by atoms with van der Waals surface area (Å²) in [5, 5.41) is 0. The normalized spacial score (nSPS) is 6.67. The number of ether oxygens (including phenoxy) is 1. The summed E-state index contributed by atoms with van der Waals surface area (Å²) in [6.45, 7) is 5.95. The van der Waals surface area contributed by atoms with Gasteiger partial charge in [-0.25, -0.2) is 4.79 Å². The van der Waals surface area contributed by atoms with Crippen LogP contribution in [0.1, 0.15) is 20.8 Å². The SMILES string of the molecule is CC.CCOC(=O)ON. The van der Waals surface area contributed by atoms with E-state index in [4.69, 9.17) is 0 Å². The zero-order valence-corrected chi connectivity index (χ0v) is 6.01. The fraction of sp³-hybridized carbons (Fsp3) is 0.800. The van der Waals surface area contributed by atoms with Crippen molar-refractivity contribution in [3.8, 4) is 0 Å². The molecule has 0 aromatic heterocycles. The number of hydrogen-bond donors (Lipinski definition) is 1. The van der Waals surface area contributed by atoms with Crippen LogP contribution < -0.4 is 5.90 Å². The van der Waals surface area contributed by atoms with E-state index in [1.807, 2.05) is 13.8 Å². The summed E-state index contributed by atoms with van der Waals surface area (Å²) in [6.07, 6.45) is -0.845. The molecule has 0 fully saturated rings. The summed E-state index contributed by atoms with van der Waals surface area (Å²) in [6, 6.07) is 0. The van der Waals surface area contributed by atoms with Crippen molar-refractivity contribution >= 4 is 6.16 Å². The molecule has 0 unspecified atom stereocenters. The molecule has 0 atom stereocenters. The molecule has 9 heavy (non-hydrogen) atoms. The van der Waals surface area contributed by atoms with E-state index in [1.165, 1.54) is 0 Å². The molecule has 0 bridgehead atoms. The van der Waals surface area contributed by atoms with E-state index in [-0.39, 0.29) is 6.61 Å². The highest BCUT2D eigenvalue weighted by Crippen LogP contribution is 1.75. The largest absolute Gasteiger partial charge is 0.527 e. The first-order valence-electron chi connectivity index (χ1n) is 2.84. The minimum atomic E-state index is -0.845. The average molecular weight is 135 g/mol. The molecule has 56 valence electrons. The van der Waals surface area contributed by atoms with Gasteiger partial charge in [-0.2, -0.15) is 5.90 Å². The van der Waals surface area contributed by atoms with Crippen molar-refractivity contribution in [1.29, 1.82) is 0 Å². The Labute approximate surface area is 54.9 Å². The van der Waals surface area contributed by atoms with E-state index in [0.29, 0.717) is 0 Å². The van der Waals surface area contributed by atoms with Gasteiger partial charge in [-0.3, -0.25) is 0 Å². The maximum absolute atomic E-state index is 9.84. The zero-order chi connectivity index (χ0) is 7.70. The first-order chi connectivity index (χ1) is 4.31. The summed E-state index contributed by atoms with van der Waals surface area (Å²) in [5.74, 6) is 4.38. The predicted molar refractivity (Wildman–Crippen MR) is 33.6 cm³/mol. The molecule has 2 N–H and O–H groups in total. The first-order valence-corrected chi connectivity index (χ1v) is 2.84. The molecular weight excluding hydrogens is 122 g/mol. The van der Waals surface area contributed by atoms with Gasteiger partial charge in [0.15, 0.2) is 0 Å². The molecule has 0 radical (unpaired) electrons. The van der Waals surface area contributed by atoms with Crippen LogP contribution in [0.3, 0.4) is 0 Å². The summed E-state index contributed by atoms with van der Waals surface area (Å²) in [4.78, 5) is 13.5. The number of nitrogens with two attached hydrogens (primary N) is 1. The van der Waals surface area contributed by atoms with Crippen molar-refractivity contribution in [2.75, 3.05) is 6.61 Å². The zero-order valence-electron chi connectivity index (χ0n) is 6.01. The molecule has 0 spiro atoms. The smallest absolute Gasteiger partial charge is 0.433 e. The van der Waals surface area contributed by atoms with E-state index >= 15 is 0 Å². The molecule has 0 aliphatic rings. The topological polar surface area (TPSA) is 61.5 Å². The highest BCUT2D eigenvalue weighted by atomic mass is 16.8. The molecule has 0 saturated carbocycles. The molecular formula is C5H13NO3. The lowest BCUT2D eigenvalue weighted by Gasteiger charge is -1.93. The second-order valence-electron chi connectivity index (χ2n) is 0.801. The van der Waals surface area contributed by atoms with Gasteiger partial charge < -0.3 is 9.57 Å². The molecule has 0 saturated heterocycles. The third kappa shape index (κ3) is 11.1. The molecule has 0 amide bonds. The van der Waals surface area contributed by atoms with Crippen molar-refractivity contribution in [3.63, 3.8) is 0 Å². The standard InChI is InChI=1S/C3H7NO3.C2H6/c1-2-6-3(5)7-4;1-2/h2,4H2,1H3;1-2H3. The number of carbonyl (C=O) groups is 1. The van der Waals surface area contributed by atoms with Gasteiger partial charge in [0.2, 0.25) is 0 Å². The van der Waals surface area contributed by atoms with Crippen LogP contribution >= 0.6 is 0 Å². The van der Waals surface area contributed by atoms with E-state index in [9.17, 15) is 4.79 Å². The van der Waals surface area contributed by atoms with Crippen LogP contribution in [0.4, 0.5) is 4.79 Å². The van der Waals surface area contributed by atoms with Gasteiger partial charge in [0.05, 0.1) is 6.61 Å². The monoisotopic (exact) mass is 135 g/mol. The van der Waals surface area contributed by atoms with Gasteiger partial charge >= 0.3 is 6.16 Å². The molecule has 4 heteroatoms. The van der Waals surface area contributed by atoms with Crippen LogP contribution in [0, 0.1) is 0 Å². The van der Waals surface area contributed by atoms with Gasteiger partial charge in [0.25, 0.3) is 0 Å². The summed E-state index contributed by atoms with van der Waals surface area (Å²) in [7, 11) is 0. The quantitative estimate of drug-likeness (QED) is 0.431. The van der Waals surface area contributed by atoms with E-state index < -0.39 is 6.16 Å². The minimum absolute atomic E-state index is 0.288. The summed E-state index contributed by atoms with van der Waals surface area (Å²) < 4.78 is 4.20. The Balaban J connectivity index is 0. The van der Waals surface area contributed by atoms with E-state index in [1.54, 1.807) is 6.92 Å². The van der Waals surface area contributed by atoms with Crippen LogP contribution in [0.2, 0.25) is 0 Å². The molecule has 0 aromatic carbocycles. The molecule has 4 nitrogen and oxygen atoms in total. The molecule has 0 aliphatic carbocycles. The molecule has 0 heterocycles. The lowest BCUT2D eigenvalue weighted by molar-refractivity contribution is 0.0590. The Kier molecular flexibility index (Phi) is 12.6. The number of carbonyl (C=O) groups excluding carboxylic acids is 1. The molecule has 0 aliphatic heterocycles. The maximum Gasteiger partial charge on any atom is 0.527 e. The predicted octanol–water partition coefficient (Wildman–Crippen LogP) is 1.06. The van der Waals surface area contributed by atoms with Crippen LogP contribution in [0.25, 0.3) is 0 Å². The van der Waals surface area contributed by atoms with Crippen molar-refractivity contribution < 1.29 is 14.4 Å². The Morgan fingerprint density at radius 2 is 2.00 bits per heavy atom. The third-order valence-corrected chi connectivity index (χ3v) is 0.358. The van der Waals surface area contributed by atoms with Gasteiger partial charge in [-0.15, -0.1) is 0 Å². The van der Waals surface area contributed by atoms with Crippen LogP contribution in [-0.2, 0) is 9.57 Å². The highest BCUT2D eigenvalue weighted by molar-refractivity contribution is 5.59. The number of hydrogen-bond acceptors (Lipinski definition) is 4. The van der Waals surface area contributed by atoms with Crippen molar-refractivity contribution in [2.45, 2.75) is 20.8 Å². The van der Waals surface area contributed by atoms with E-state index in [2.05, 4.69) is 15.5 Å². The Bertz CT molecular complexity index is 65.2. The Morgan fingerprint density at radius 3 is 2.11 bits per heavy atom. The highest BCUT2D eigenvalue weighted by Gasteiger charge is 1.94.